The normalized spacial score (nSPS) is 12.8. The number of nitriles is 1. The monoisotopic (exact) mass is 365 g/mol. The standard InChI is InChI=1S/C19H15N3O5/c1-12-2-3-13(9-16(12)22(24)25)8-14(11-20)19(23)21-15-4-5-17-18(10-15)27-7-6-26-17/h2-5,8-10H,6-7H2,1H3,(H,21,23)/b14-8+. The molecule has 0 bridgehead atoms. The Hall–Kier alpha value is -3.86. The van der Waals surface area contributed by atoms with Crippen LogP contribution in [0, 0.1) is 28.4 Å². The molecule has 136 valence electrons. The number of aryl methyl sites for hydroxylation is 1. The van der Waals surface area contributed by atoms with Crippen molar-refractivity contribution in [2.24, 2.45) is 0 Å². The van der Waals surface area contributed by atoms with Crippen molar-refractivity contribution >= 4 is 23.4 Å². The van der Waals surface area contributed by atoms with Gasteiger partial charge < -0.3 is 14.8 Å². The number of nitro groups is 1. The van der Waals surface area contributed by atoms with E-state index in [1.54, 1.807) is 37.3 Å². The summed E-state index contributed by atoms with van der Waals surface area (Å²) in [6.45, 7) is 2.49. The number of hydrogen-bond acceptors (Lipinski definition) is 6. The smallest absolute Gasteiger partial charge is 0.272 e. The zero-order valence-electron chi connectivity index (χ0n) is 14.4. The molecule has 1 N–H and O–H groups in total. The first-order valence-corrected chi connectivity index (χ1v) is 8.06. The minimum absolute atomic E-state index is 0.0757. The minimum atomic E-state index is -0.627. The highest BCUT2D eigenvalue weighted by Gasteiger charge is 2.16. The molecule has 0 fully saturated rings. The summed E-state index contributed by atoms with van der Waals surface area (Å²) in [7, 11) is 0. The van der Waals surface area contributed by atoms with Gasteiger partial charge >= 0.3 is 0 Å². The lowest BCUT2D eigenvalue weighted by atomic mass is 10.1. The van der Waals surface area contributed by atoms with Crippen LogP contribution in [0.2, 0.25) is 0 Å². The molecule has 27 heavy (non-hydrogen) atoms. The maximum atomic E-state index is 12.4. The first-order valence-electron chi connectivity index (χ1n) is 8.06. The van der Waals surface area contributed by atoms with Crippen LogP contribution in [-0.2, 0) is 4.79 Å². The number of nitro benzene ring substituents is 1. The third-order valence-electron chi connectivity index (χ3n) is 3.91. The first kappa shape index (κ1) is 17.9. The minimum Gasteiger partial charge on any atom is -0.486 e. The quantitative estimate of drug-likeness (QED) is 0.385. The van der Waals surface area contributed by atoms with E-state index in [0.29, 0.717) is 41.5 Å². The van der Waals surface area contributed by atoms with Crippen LogP contribution in [0.25, 0.3) is 6.08 Å². The molecule has 1 amide bonds. The van der Waals surface area contributed by atoms with Crippen molar-refractivity contribution in [3.05, 3.63) is 63.2 Å². The lowest BCUT2D eigenvalue weighted by Crippen LogP contribution is -2.17. The Kier molecular flexibility index (Phi) is 5.04. The van der Waals surface area contributed by atoms with Gasteiger partial charge in [0.25, 0.3) is 11.6 Å². The van der Waals surface area contributed by atoms with Crippen LogP contribution >= 0.6 is 0 Å². The maximum Gasteiger partial charge on any atom is 0.272 e. The topological polar surface area (TPSA) is 114 Å². The molecular weight excluding hydrogens is 350 g/mol. The molecule has 1 heterocycles. The molecule has 0 aromatic heterocycles. The van der Waals surface area contributed by atoms with Gasteiger partial charge in [0.15, 0.2) is 11.5 Å². The average molecular weight is 365 g/mol. The van der Waals surface area contributed by atoms with Crippen molar-refractivity contribution < 1.29 is 19.2 Å². The number of hydrogen-bond donors (Lipinski definition) is 1. The van der Waals surface area contributed by atoms with Crippen molar-refractivity contribution in [3.63, 3.8) is 0 Å². The summed E-state index contributed by atoms with van der Waals surface area (Å²) in [5, 5.41) is 23.0. The molecule has 3 rings (SSSR count). The second-order valence-electron chi connectivity index (χ2n) is 5.79. The van der Waals surface area contributed by atoms with Crippen LogP contribution in [0.3, 0.4) is 0 Å². The van der Waals surface area contributed by atoms with Crippen LogP contribution in [0.5, 0.6) is 11.5 Å². The van der Waals surface area contributed by atoms with Gasteiger partial charge in [-0.2, -0.15) is 5.26 Å². The third kappa shape index (κ3) is 4.04. The molecule has 0 saturated carbocycles. The van der Waals surface area contributed by atoms with E-state index in [1.165, 1.54) is 12.1 Å². The molecule has 0 radical (unpaired) electrons. The molecule has 1 aliphatic rings. The Morgan fingerprint density at radius 1 is 1.22 bits per heavy atom. The zero-order valence-corrected chi connectivity index (χ0v) is 14.4. The average Bonchev–Trinajstić information content (AvgIpc) is 2.66. The van der Waals surface area contributed by atoms with Crippen molar-refractivity contribution in [2.75, 3.05) is 18.5 Å². The van der Waals surface area contributed by atoms with Crippen molar-refractivity contribution in [1.82, 2.24) is 0 Å². The number of nitrogens with one attached hydrogen (secondary N) is 1. The second kappa shape index (κ2) is 7.58. The summed E-state index contributed by atoms with van der Waals surface area (Å²) in [5.41, 5.74) is 1.08. The molecule has 8 nitrogen and oxygen atoms in total. The fourth-order valence-corrected chi connectivity index (χ4v) is 2.55. The number of fused-ring (bicyclic) bond motifs is 1. The summed E-state index contributed by atoms with van der Waals surface area (Å²) < 4.78 is 10.9. The Labute approximate surface area is 154 Å². The summed E-state index contributed by atoms with van der Waals surface area (Å²) in [4.78, 5) is 22.9. The number of carbonyl (C=O) groups is 1. The molecule has 1 aliphatic heterocycles. The van der Waals surface area contributed by atoms with Gasteiger partial charge in [-0.25, -0.2) is 0 Å². The Bertz CT molecular complexity index is 991. The highest BCUT2D eigenvalue weighted by atomic mass is 16.6. The lowest BCUT2D eigenvalue weighted by molar-refractivity contribution is -0.385. The van der Waals surface area contributed by atoms with E-state index >= 15 is 0 Å². The number of rotatable bonds is 4. The molecule has 2 aromatic carbocycles. The predicted molar refractivity (Wildman–Crippen MR) is 97.5 cm³/mol. The lowest BCUT2D eigenvalue weighted by Gasteiger charge is -2.18. The number of nitrogens with zero attached hydrogens (tertiary/aromatic N) is 2. The van der Waals surface area contributed by atoms with Crippen molar-refractivity contribution in [2.45, 2.75) is 6.92 Å². The highest BCUT2D eigenvalue weighted by Crippen LogP contribution is 2.32. The molecule has 0 spiro atoms. The van der Waals surface area contributed by atoms with Gasteiger partial charge in [-0.15, -0.1) is 0 Å². The van der Waals surface area contributed by atoms with Gasteiger partial charge in [-0.3, -0.25) is 14.9 Å². The van der Waals surface area contributed by atoms with E-state index in [1.807, 2.05) is 6.07 Å². The van der Waals surface area contributed by atoms with Gasteiger partial charge in [-0.1, -0.05) is 12.1 Å². The summed E-state index contributed by atoms with van der Waals surface area (Å²) in [5.74, 6) is 0.468. The number of ether oxygens (including phenoxy) is 2. The molecule has 0 atom stereocenters. The number of anilines is 1. The fourth-order valence-electron chi connectivity index (χ4n) is 2.55. The van der Waals surface area contributed by atoms with Crippen LogP contribution in [0.15, 0.2) is 42.0 Å². The molecule has 0 saturated heterocycles. The summed E-state index contributed by atoms with van der Waals surface area (Å²) >= 11 is 0. The van der Waals surface area contributed by atoms with E-state index in [0.717, 1.165) is 0 Å². The highest BCUT2D eigenvalue weighted by molar-refractivity contribution is 6.09. The van der Waals surface area contributed by atoms with E-state index in [-0.39, 0.29) is 11.3 Å². The molecule has 0 unspecified atom stereocenters. The third-order valence-corrected chi connectivity index (χ3v) is 3.91. The van der Waals surface area contributed by atoms with Crippen LogP contribution in [-0.4, -0.2) is 24.0 Å². The van der Waals surface area contributed by atoms with E-state index < -0.39 is 10.8 Å². The van der Waals surface area contributed by atoms with E-state index in [2.05, 4.69) is 5.32 Å². The Balaban J connectivity index is 1.82. The SMILES string of the molecule is Cc1ccc(/C=C(\C#N)C(=O)Nc2ccc3c(c2)OCCO3)cc1[N+](=O)[O-]. The number of benzene rings is 2. The number of amides is 1. The van der Waals surface area contributed by atoms with Gasteiger partial charge in [-0.05, 0) is 30.7 Å². The summed E-state index contributed by atoms with van der Waals surface area (Å²) in [6, 6.07) is 11.2. The van der Waals surface area contributed by atoms with Gasteiger partial charge in [0, 0.05) is 23.4 Å². The first-order chi connectivity index (χ1) is 13.0. The fraction of sp³-hybridized carbons (Fsp3) is 0.158. The molecule has 2 aromatic rings. The molecule has 8 heteroatoms. The predicted octanol–water partition coefficient (Wildman–Crippen LogP) is 3.22. The van der Waals surface area contributed by atoms with Gasteiger partial charge in [0.05, 0.1) is 4.92 Å². The molecule has 0 aliphatic carbocycles. The van der Waals surface area contributed by atoms with Crippen LogP contribution in [0.1, 0.15) is 11.1 Å². The maximum absolute atomic E-state index is 12.4. The second-order valence-corrected chi connectivity index (χ2v) is 5.79. The largest absolute Gasteiger partial charge is 0.486 e. The van der Waals surface area contributed by atoms with Gasteiger partial charge in [0.2, 0.25) is 0 Å². The van der Waals surface area contributed by atoms with E-state index in [4.69, 9.17) is 9.47 Å². The van der Waals surface area contributed by atoms with Crippen LogP contribution < -0.4 is 14.8 Å². The summed E-state index contributed by atoms with van der Waals surface area (Å²) in [6.07, 6.45) is 1.31. The van der Waals surface area contributed by atoms with Crippen molar-refractivity contribution in [1.29, 1.82) is 5.26 Å². The zero-order chi connectivity index (χ0) is 19.4. The van der Waals surface area contributed by atoms with Gasteiger partial charge in [0.1, 0.15) is 24.9 Å². The Morgan fingerprint density at radius 2 is 1.96 bits per heavy atom. The van der Waals surface area contributed by atoms with Crippen LogP contribution in [0.4, 0.5) is 11.4 Å². The van der Waals surface area contributed by atoms with Crippen molar-refractivity contribution in [3.8, 4) is 17.6 Å². The molecular formula is C19H15N3O5. The Morgan fingerprint density at radius 3 is 2.67 bits per heavy atom. The van der Waals surface area contributed by atoms with E-state index in [9.17, 15) is 20.2 Å². The number of carbonyl (C=O) groups excluding carboxylic acids is 1.